The predicted molar refractivity (Wildman–Crippen MR) is 186 cm³/mol. The van der Waals surface area contributed by atoms with Crippen molar-refractivity contribution in [2.24, 2.45) is 0 Å². The maximum absolute atomic E-state index is 12.0. The average molecular weight is 668 g/mol. The lowest BCUT2D eigenvalue weighted by Crippen LogP contribution is -2.27. The van der Waals surface area contributed by atoms with Crippen LogP contribution in [0.4, 0.5) is 0 Å². The Hall–Kier alpha value is -5.06. The third kappa shape index (κ3) is 8.07. The monoisotopic (exact) mass is 667 g/mol. The van der Waals surface area contributed by atoms with Crippen LogP contribution >= 0.6 is 11.8 Å². The van der Waals surface area contributed by atoms with Crippen molar-refractivity contribution in [2.75, 3.05) is 26.7 Å². The first-order chi connectivity index (χ1) is 23.0. The fourth-order valence-corrected chi connectivity index (χ4v) is 6.83. The predicted octanol–water partition coefficient (Wildman–Crippen LogP) is 7.08. The van der Waals surface area contributed by atoms with E-state index in [1.807, 2.05) is 24.8 Å². The van der Waals surface area contributed by atoms with E-state index in [1.165, 1.54) is 58.5 Å². The van der Waals surface area contributed by atoms with Crippen LogP contribution in [0.25, 0.3) is 16.5 Å². The van der Waals surface area contributed by atoms with E-state index in [9.17, 15) is 19.5 Å². The molecule has 0 aliphatic carbocycles. The van der Waals surface area contributed by atoms with Crippen LogP contribution in [0.15, 0.2) is 109 Å². The number of piperidine rings is 1. The van der Waals surface area contributed by atoms with Gasteiger partial charge in [-0.3, -0.25) is 4.79 Å². The maximum atomic E-state index is 12.0. The normalized spacial score (nSPS) is 15.4. The number of hydrogen-bond acceptors (Lipinski definition) is 8. The summed E-state index contributed by atoms with van der Waals surface area (Å²) in [4.78, 5) is 36.3. The second-order valence-electron chi connectivity index (χ2n) is 11.7. The maximum Gasteiger partial charge on any atom is 0.328 e. The number of carboxylic acid groups (broad SMARTS) is 2. The molecule has 3 aromatic carbocycles. The van der Waals surface area contributed by atoms with Gasteiger partial charge in [-0.2, -0.15) is 0 Å². The quantitative estimate of drug-likeness (QED) is 0.132. The number of ether oxygens (including phenoxy) is 1. The third-order valence-electron chi connectivity index (χ3n) is 8.14. The fourth-order valence-electron chi connectivity index (χ4n) is 5.74. The number of phenols is 1. The number of likely N-dealkylation sites (tertiary alicyclic amines) is 1. The molecule has 0 bridgehead atoms. The van der Waals surface area contributed by atoms with Gasteiger partial charge in [-0.05, 0) is 74.6 Å². The van der Waals surface area contributed by atoms with E-state index in [0.29, 0.717) is 47.8 Å². The van der Waals surface area contributed by atoms with E-state index < -0.39 is 11.9 Å². The lowest BCUT2D eigenvalue weighted by molar-refractivity contribution is -0.134. The first kappa shape index (κ1) is 34.3. The van der Waals surface area contributed by atoms with Crippen LogP contribution in [-0.4, -0.2) is 58.9 Å². The van der Waals surface area contributed by atoms with Crippen LogP contribution in [-0.2, 0) is 16.0 Å². The number of phenolic OH excluding ortho intramolecular Hbond substituents is 1. The topological polar surface area (TPSA) is 138 Å². The van der Waals surface area contributed by atoms with Gasteiger partial charge in [-0.15, -0.1) is 0 Å². The standard InChI is InChI=1S/C19H19NS.C15H14O4.C4H4O4/c1-20-12-10-14(11-13-20)19-15-6-2-4-8-17(15)21-18-9-5-3-7-16(18)19;1-8-3-4-10-12(18-7-8)6-13-14(15(10)17)11(16)5-9(2)19-13;5-3(6)1-2-4(7)8/h2-9H,10-13H2,1H3;3,5-6,17H,4,7H2,1-2H3;1-2H,(H,5,6)(H,7,8). The number of benzene rings is 3. The molecule has 0 radical (unpaired) electrons. The van der Waals surface area contributed by atoms with Crippen molar-refractivity contribution >= 4 is 40.2 Å². The minimum Gasteiger partial charge on any atom is -0.507 e. The van der Waals surface area contributed by atoms with Crippen LogP contribution in [0.1, 0.15) is 42.2 Å². The van der Waals surface area contributed by atoms with Crippen molar-refractivity contribution in [3.8, 4) is 11.5 Å². The Morgan fingerprint density at radius 1 is 0.896 bits per heavy atom. The molecule has 3 aliphatic rings. The highest BCUT2D eigenvalue weighted by Gasteiger charge is 2.25. The number of carboxylic acids is 2. The SMILES string of the molecule is CC1=CCc2c(cc3oc(C)cc(=O)c3c2O)OC1.CN1CCC(=C2c3ccccc3Sc3ccccc32)CC1.O=C(O)C=CC(=O)O. The molecule has 0 atom stereocenters. The molecule has 1 aromatic heterocycles. The zero-order chi connectivity index (χ0) is 34.4. The van der Waals surface area contributed by atoms with E-state index >= 15 is 0 Å². The minimum atomic E-state index is -1.26. The van der Waals surface area contributed by atoms with Crippen LogP contribution in [0.3, 0.4) is 0 Å². The Kier molecular flexibility index (Phi) is 10.9. The molecule has 0 saturated carbocycles. The van der Waals surface area contributed by atoms with E-state index in [1.54, 1.807) is 18.6 Å². The molecule has 1 saturated heterocycles. The molecule has 9 nitrogen and oxygen atoms in total. The Labute approximate surface area is 282 Å². The summed E-state index contributed by atoms with van der Waals surface area (Å²) in [5.41, 5.74) is 7.86. The van der Waals surface area contributed by atoms with Gasteiger partial charge >= 0.3 is 11.9 Å². The molecule has 4 heterocycles. The zero-order valence-electron chi connectivity index (χ0n) is 27.0. The number of hydrogen-bond donors (Lipinski definition) is 3. The summed E-state index contributed by atoms with van der Waals surface area (Å²) < 4.78 is 11.1. The molecule has 248 valence electrons. The van der Waals surface area contributed by atoms with Crippen molar-refractivity contribution in [3.63, 3.8) is 0 Å². The number of carbonyl (C=O) groups is 2. The van der Waals surface area contributed by atoms with Gasteiger partial charge in [0.2, 0.25) is 0 Å². The summed E-state index contributed by atoms with van der Waals surface area (Å²) in [6.07, 6.45) is 6.05. The lowest BCUT2D eigenvalue weighted by Gasteiger charge is -2.30. The van der Waals surface area contributed by atoms with E-state index in [-0.39, 0.29) is 16.6 Å². The van der Waals surface area contributed by atoms with Crippen molar-refractivity contribution in [1.29, 1.82) is 0 Å². The summed E-state index contributed by atoms with van der Waals surface area (Å²) in [5, 5.41) is 26.2. The molecule has 0 amide bonds. The van der Waals surface area contributed by atoms with Gasteiger partial charge in [0.1, 0.15) is 34.8 Å². The first-order valence-electron chi connectivity index (χ1n) is 15.5. The number of aliphatic carboxylic acids is 2. The van der Waals surface area contributed by atoms with Gasteiger partial charge in [0.05, 0.1) is 0 Å². The summed E-state index contributed by atoms with van der Waals surface area (Å²) in [5.74, 6) is -1.46. The highest BCUT2D eigenvalue weighted by atomic mass is 32.2. The summed E-state index contributed by atoms with van der Waals surface area (Å²) in [7, 11) is 2.22. The molecule has 0 unspecified atom stereocenters. The second-order valence-corrected chi connectivity index (χ2v) is 12.8. The Bertz CT molecular complexity index is 1950. The molecule has 7 rings (SSSR count). The first-order valence-corrected chi connectivity index (χ1v) is 16.3. The highest BCUT2D eigenvalue weighted by molar-refractivity contribution is 7.99. The van der Waals surface area contributed by atoms with Gasteiger partial charge < -0.3 is 29.4 Å². The zero-order valence-corrected chi connectivity index (χ0v) is 27.8. The molecular weight excluding hydrogens is 630 g/mol. The van der Waals surface area contributed by atoms with Crippen LogP contribution < -0.4 is 10.2 Å². The second kappa shape index (κ2) is 15.2. The van der Waals surface area contributed by atoms with Crippen molar-refractivity contribution in [2.45, 2.75) is 42.9 Å². The van der Waals surface area contributed by atoms with Gasteiger partial charge in [-0.25, -0.2) is 9.59 Å². The third-order valence-corrected chi connectivity index (χ3v) is 9.29. The smallest absolute Gasteiger partial charge is 0.328 e. The summed E-state index contributed by atoms with van der Waals surface area (Å²) >= 11 is 1.91. The molecule has 3 aliphatic heterocycles. The van der Waals surface area contributed by atoms with E-state index in [0.717, 1.165) is 5.57 Å². The van der Waals surface area contributed by atoms with Gasteiger partial charge in [0, 0.05) is 52.7 Å². The number of allylic oxidation sites excluding steroid dienone is 1. The Balaban J connectivity index is 0.000000155. The number of aryl methyl sites for hydroxylation is 1. The number of fused-ring (bicyclic) bond motifs is 4. The minimum absolute atomic E-state index is 0.0350. The Morgan fingerprint density at radius 2 is 1.48 bits per heavy atom. The highest BCUT2D eigenvalue weighted by Crippen LogP contribution is 2.47. The van der Waals surface area contributed by atoms with E-state index in [4.69, 9.17) is 19.4 Å². The number of aromatic hydroxyl groups is 1. The molecule has 1 fully saturated rings. The fraction of sp³-hybridized carbons (Fsp3) is 0.237. The van der Waals surface area contributed by atoms with Gasteiger partial charge in [0.25, 0.3) is 0 Å². The summed E-state index contributed by atoms with van der Waals surface area (Å²) in [6.45, 7) is 6.51. The molecule has 3 N–H and O–H groups in total. The molecular formula is C38H37NO8S. The molecule has 4 aromatic rings. The molecule has 10 heteroatoms. The number of nitrogens with zero attached hydrogens (tertiary/aromatic N) is 1. The Morgan fingerprint density at radius 3 is 2.06 bits per heavy atom. The van der Waals surface area contributed by atoms with Crippen LogP contribution in [0.2, 0.25) is 0 Å². The van der Waals surface area contributed by atoms with Crippen molar-refractivity contribution in [3.05, 3.63) is 123 Å². The lowest BCUT2D eigenvalue weighted by atomic mass is 9.88. The largest absolute Gasteiger partial charge is 0.507 e. The van der Waals surface area contributed by atoms with Crippen molar-refractivity contribution in [1.82, 2.24) is 4.90 Å². The van der Waals surface area contributed by atoms with Crippen LogP contribution in [0.5, 0.6) is 11.5 Å². The molecule has 0 spiro atoms. The number of rotatable bonds is 2. The van der Waals surface area contributed by atoms with Gasteiger partial charge in [0.15, 0.2) is 5.43 Å². The van der Waals surface area contributed by atoms with Gasteiger partial charge in [-0.1, -0.05) is 59.8 Å². The average Bonchev–Trinajstić information content (AvgIpc) is 3.24. The van der Waals surface area contributed by atoms with Crippen molar-refractivity contribution < 1.29 is 34.1 Å². The molecule has 48 heavy (non-hydrogen) atoms. The van der Waals surface area contributed by atoms with Crippen LogP contribution in [0, 0.1) is 6.92 Å². The van der Waals surface area contributed by atoms with E-state index in [2.05, 4.69) is 60.5 Å². The summed E-state index contributed by atoms with van der Waals surface area (Å²) in [6, 6.07) is 20.8.